The molecular formula is C13H15F3N2. The van der Waals surface area contributed by atoms with Gasteiger partial charge in [0.2, 0.25) is 0 Å². The van der Waals surface area contributed by atoms with Crippen molar-refractivity contribution in [3.8, 4) is 0 Å². The molecule has 0 unspecified atom stereocenters. The highest BCUT2D eigenvalue weighted by molar-refractivity contribution is 5.36. The molecule has 0 atom stereocenters. The molecule has 0 saturated carbocycles. The predicted molar refractivity (Wildman–Crippen MR) is 63.8 cm³/mol. The monoisotopic (exact) mass is 256 g/mol. The average Bonchev–Trinajstić information content (AvgIpc) is 2.37. The number of aromatic nitrogens is 1. The van der Waals surface area contributed by atoms with E-state index in [1.54, 1.807) is 0 Å². The van der Waals surface area contributed by atoms with Crippen molar-refractivity contribution < 1.29 is 13.2 Å². The van der Waals surface area contributed by atoms with Gasteiger partial charge in [0.25, 0.3) is 5.95 Å². The minimum Gasteiger partial charge on any atom is -0.367 e. The van der Waals surface area contributed by atoms with E-state index in [1.807, 2.05) is 0 Å². The first-order valence-electron chi connectivity index (χ1n) is 6.10. The fraction of sp³-hybridized carbons (Fsp3) is 0.462. The number of hydrogen-bond acceptors (Lipinski definition) is 2. The lowest BCUT2D eigenvalue weighted by atomic mass is 9.97. The van der Waals surface area contributed by atoms with Gasteiger partial charge in [-0.1, -0.05) is 11.6 Å². The number of hydrogen-bond donors (Lipinski definition) is 1. The van der Waals surface area contributed by atoms with E-state index >= 15 is 0 Å². The van der Waals surface area contributed by atoms with Crippen LogP contribution in [0, 0.1) is 17.6 Å². The third-order valence-electron chi connectivity index (χ3n) is 3.01. The van der Waals surface area contributed by atoms with Gasteiger partial charge in [0.05, 0.1) is 0 Å². The van der Waals surface area contributed by atoms with Crippen molar-refractivity contribution in [3.05, 3.63) is 35.3 Å². The molecule has 0 spiro atoms. The molecule has 1 aliphatic rings. The minimum absolute atomic E-state index is 0.231. The molecule has 0 fully saturated rings. The number of nitrogens with zero attached hydrogens (tertiary/aromatic N) is 1. The van der Waals surface area contributed by atoms with Gasteiger partial charge in [-0.05, 0) is 32.1 Å². The lowest BCUT2D eigenvalue weighted by molar-refractivity contribution is 0.466. The summed E-state index contributed by atoms with van der Waals surface area (Å²) in [6.07, 6.45) is 7.53. The van der Waals surface area contributed by atoms with E-state index in [1.165, 1.54) is 18.4 Å². The SMILES string of the molecule is Fc1cc(F)c(NCCC2=CCCCC2)nc1F. The van der Waals surface area contributed by atoms with Crippen LogP contribution in [0.1, 0.15) is 32.1 Å². The zero-order valence-corrected chi connectivity index (χ0v) is 9.98. The summed E-state index contributed by atoms with van der Waals surface area (Å²) in [6, 6.07) is 0.505. The number of allylic oxidation sites excluding steroid dienone is 1. The molecule has 1 heterocycles. The molecule has 98 valence electrons. The highest BCUT2D eigenvalue weighted by atomic mass is 19.2. The van der Waals surface area contributed by atoms with Crippen LogP contribution < -0.4 is 5.32 Å². The van der Waals surface area contributed by atoms with E-state index in [0.717, 1.165) is 19.3 Å². The summed E-state index contributed by atoms with van der Waals surface area (Å²) >= 11 is 0. The molecule has 0 bridgehead atoms. The van der Waals surface area contributed by atoms with Gasteiger partial charge in [0.1, 0.15) is 0 Å². The number of anilines is 1. The summed E-state index contributed by atoms with van der Waals surface area (Å²) in [5.74, 6) is -3.65. The third kappa shape index (κ3) is 3.24. The molecule has 0 amide bonds. The Morgan fingerprint density at radius 2 is 2.00 bits per heavy atom. The quantitative estimate of drug-likeness (QED) is 0.654. The van der Waals surface area contributed by atoms with Gasteiger partial charge < -0.3 is 5.32 Å². The van der Waals surface area contributed by atoms with Crippen molar-refractivity contribution in [1.82, 2.24) is 4.98 Å². The predicted octanol–water partition coefficient (Wildman–Crippen LogP) is 3.80. The van der Waals surface area contributed by atoms with Crippen molar-refractivity contribution >= 4 is 5.82 Å². The zero-order valence-electron chi connectivity index (χ0n) is 9.98. The fourth-order valence-corrected chi connectivity index (χ4v) is 2.04. The van der Waals surface area contributed by atoms with Crippen LogP contribution in [-0.4, -0.2) is 11.5 Å². The Kier molecular flexibility index (Phi) is 4.23. The van der Waals surface area contributed by atoms with Crippen LogP contribution >= 0.6 is 0 Å². The molecule has 0 saturated heterocycles. The Morgan fingerprint density at radius 1 is 1.17 bits per heavy atom. The highest BCUT2D eigenvalue weighted by Crippen LogP contribution is 2.20. The second-order valence-electron chi connectivity index (χ2n) is 4.38. The van der Waals surface area contributed by atoms with Crippen molar-refractivity contribution in [2.45, 2.75) is 32.1 Å². The Labute approximate surface area is 104 Å². The number of halogens is 3. The summed E-state index contributed by atoms with van der Waals surface area (Å²) in [5, 5.41) is 2.69. The van der Waals surface area contributed by atoms with Gasteiger partial charge >= 0.3 is 0 Å². The Balaban J connectivity index is 1.90. The van der Waals surface area contributed by atoms with Crippen LogP contribution in [0.25, 0.3) is 0 Å². The van der Waals surface area contributed by atoms with Crippen molar-refractivity contribution in [3.63, 3.8) is 0 Å². The van der Waals surface area contributed by atoms with Crippen LogP contribution in [0.15, 0.2) is 17.7 Å². The molecule has 1 N–H and O–H groups in total. The molecule has 0 radical (unpaired) electrons. The summed E-state index contributed by atoms with van der Waals surface area (Å²) in [7, 11) is 0. The number of nitrogens with one attached hydrogen (secondary N) is 1. The second kappa shape index (κ2) is 5.89. The van der Waals surface area contributed by atoms with E-state index in [4.69, 9.17) is 0 Å². The maximum Gasteiger partial charge on any atom is 0.251 e. The Hall–Kier alpha value is -1.52. The van der Waals surface area contributed by atoms with Crippen LogP contribution in [0.5, 0.6) is 0 Å². The summed E-state index contributed by atoms with van der Waals surface area (Å²) in [4.78, 5) is 3.21. The Bertz CT molecular complexity index is 458. The fourth-order valence-electron chi connectivity index (χ4n) is 2.04. The molecule has 0 aromatic carbocycles. The topological polar surface area (TPSA) is 24.9 Å². The average molecular weight is 256 g/mol. The summed E-state index contributed by atoms with van der Waals surface area (Å²) in [6.45, 7) is 0.473. The minimum atomic E-state index is -1.28. The number of rotatable bonds is 4. The van der Waals surface area contributed by atoms with E-state index in [-0.39, 0.29) is 5.82 Å². The highest BCUT2D eigenvalue weighted by Gasteiger charge is 2.11. The molecule has 2 nitrogen and oxygen atoms in total. The smallest absolute Gasteiger partial charge is 0.251 e. The maximum atomic E-state index is 13.2. The van der Waals surface area contributed by atoms with Crippen molar-refractivity contribution in [2.75, 3.05) is 11.9 Å². The zero-order chi connectivity index (χ0) is 13.0. The first kappa shape index (κ1) is 12.9. The van der Waals surface area contributed by atoms with Crippen LogP contribution in [0.2, 0.25) is 0 Å². The van der Waals surface area contributed by atoms with E-state index < -0.39 is 17.6 Å². The molecular weight excluding hydrogens is 241 g/mol. The molecule has 18 heavy (non-hydrogen) atoms. The van der Waals surface area contributed by atoms with Gasteiger partial charge in [0.15, 0.2) is 17.5 Å². The van der Waals surface area contributed by atoms with Crippen LogP contribution in [-0.2, 0) is 0 Å². The van der Waals surface area contributed by atoms with Gasteiger partial charge in [-0.25, -0.2) is 8.78 Å². The lowest BCUT2D eigenvalue weighted by Crippen LogP contribution is -2.09. The molecule has 1 aliphatic carbocycles. The van der Waals surface area contributed by atoms with Gasteiger partial charge in [0, 0.05) is 12.6 Å². The van der Waals surface area contributed by atoms with Gasteiger partial charge in [-0.2, -0.15) is 9.37 Å². The van der Waals surface area contributed by atoms with Crippen LogP contribution in [0.4, 0.5) is 19.0 Å². The van der Waals surface area contributed by atoms with Gasteiger partial charge in [-0.3, -0.25) is 0 Å². The van der Waals surface area contributed by atoms with E-state index in [0.29, 0.717) is 12.6 Å². The first-order chi connectivity index (χ1) is 8.66. The molecule has 0 aliphatic heterocycles. The molecule has 5 heteroatoms. The molecule has 2 rings (SSSR count). The standard InChI is InChI=1S/C13H15F3N2/c14-10-8-11(15)13(18-12(10)16)17-7-6-9-4-2-1-3-5-9/h4,8H,1-3,5-7H2,(H,17,18). The molecule has 1 aromatic rings. The van der Waals surface area contributed by atoms with E-state index in [2.05, 4.69) is 16.4 Å². The maximum absolute atomic E-state index is 13.2. The van der Waals surface area contributed by atoms with Gasteiger partial charge in [-0.15, -0.1) is 0 Å². The lowest BCUT2D eigenvalue weighted by Gasteiger charge is -2.13. The Morgan fingerprint density at radius 3 is 2.72 bits per heavy atom. The largest absolute Gasteiger partial charge is 0.367 e. The first-order valence-corrected chi connectivity index (χ1v) is 6.10. The second-order valence-corrected chi connectivity index (χ2v) is 4.38. The van der Waals surface area contributed by atoms with E-state index in [9.17, 15) is 13.2 Å². The normalized spacial score (nSPS) is 15.4. The molecule has 1 aromatic heterocycles. The van der Waals surface area contributed by atoms with Crippen LogP contribution in [0.3, 0.4) is 0 Å². The summed E-state index contributed by atoms with van der Waals surface area (Å²) in [5.41, 5.74) is 1.33. The van der Waals surface area contributed by atoms with Crippen molar-refractivity contribution in [2.24, 2.45) is 0 Å². The third-order valence-corrected chi connectivity index (χ3v) is 3.01. The summed E-state index contributed by atoms with van der Waals surface area (Å²) < 4.78 is 38.7. The number of pyridine rings is 1. The van der Waals surface area contributed by atoms with Crippen molar-refractivity contribution in [1.29, 1.82) is 0 Å².